The van der Waals surface area contributed by atoms with Crippen molar-refractivity contribution in [3.63, 3.8) is 0 Å². The highest BCUT2D eigenvalue weighted by Crippen LogP contribution is 2.34. The van der Waals surface area contributed by atoms with Gasteiger partial charge in [0.1, 0.15) is 0 Å². The van der Waals surface area contributed by atoms with Crippen molar-refractivity contribution in [1.29, 1.82) is 0 Å². The molecule has 3 amide bonds. The summed E-state index contributed by atoms with van der Waals surface area (Å²) >= 11 is 0. The first-order valence-electron chi connectivity index (χ1n) is 9.35. The van der Waals surface area contributed by atoms with Gasteiger partial charge >= 0.3 is 0 Å². The summed E-state index contributed by atoms with van der Waals surface area (Å²) in [5, 5.41) is 2.96. The second-order valence-corrected chi connectivity index (χ2v) is 6.95. The zero-order valence-corrected chi connectivity index (χ0v) is 14.9. The van der Waals surface area contributed by atoms with E-state index >= 15 is 0 Å². The molecule has 3 atom stereocenters. The van der Waals surface area contributed by atoms with E-state index in [-0.39, 0.29) is 42.5 Å². The lowest BCUT2D eigenvalue weighted by Gasteiger charge is -2.17. The molecule has 0 radical (unpaired) electrons. The second-order valence-electron chi connectivity index (χ2n) is 6.95. The lowest BCUT2D eigenvalue weighted by Crippen LogP contribution is -2.36. The Kier molecular flexibility index (Phi) is 7.00. The van der Waals surface area contributed by atoms with E-state index in [1.165, 1.54) is 17.7 Å². The fourth-order valence-electron chi connectivity index (χ4n) is 3.59. The highest BCUT2D eigenvalue weighted by atomic mass is 16.2. The molecule has 134 valence electrons. The monoisotopic (exact) mass is 334 g/mol. The molecule has 5 heteroatoms. The van der Waals surface area contributed by atoms with Crippen LogP contribution in [0.3, 0.4) is 0 Å². The average Bonchev–Trinajstić information content (AvgIpc) is 2.84. The number of nitrogens with zero attached hydrogens (tertiary/aromatic N) is 1. The SMILES string of the molecule is CCCCC(CC)CNC(=O)CCN1C(=O)[C@H]2CC=CC[C@H]2C1=O. The molecule has 1 unspecified atom stereocenters. The zero-order chi connectivity index (χ0) is 17.5. The van der Waals surface area contributed by atoms with Gasteiger partial charge < -0.3 is 5.32 Å². The number of imide groups is 1. The van der Waals surface area contributed by atoms with Crippen LogP contribution in [-0.2, 0) is 14.4 Å². The van der Waals surface area contributed by atoms with Gasteiger partial charge in [-0.15, -0.1) is 0 Å². The van der Waals surface area contributed by atoms with Gasteiger partial charge in [-0.05, 0) is 25.2 Å². The molecule has 0 spiro atoms. The first-order chi connectivity index (χ1) is 11.6. The summed E-state index contributed by atoms with van der Waals surface area (Å²) in [5.41, 5.74) is 0. The van der Waals surface area contributed by atoms with Gasteiger partial charge in [-0.1, -0.05) is 45.3 Å². The summed E-state index contributed by atoms with van der Waals surface area (Å²) in [6.07, 6.45) is 9.98. The van der Waals surface area contributed by atoms with Gasteiger partial charge in [0, 0.05) is 19.5 Å². The van der Waals surface area contributed by atoms with Crippen molar-refractivity contribution in [2.24, 2.45) is 17.8 Å². The Morgan fingerprint density at radius 2 is 1.83 bits per heavy atom. The van der Waals surface area contributed by atoms with Crippen molar-refractivity contribution in [3.05, 3.63) is 12.2 Å². The second kappa shape index (κ2) is 9.00. The Hall–Kier alpha value is -1.65. The van der Waals surface area contributed by atoms with Crippen molar-refractivity contribution in [2.75, 3.05) is 13.1 Å². The molecule has 1 heterocycles. The third-order valence-corrected chi connectivity index (χ3v) is 5.29. The molecule has 0 aromatic carbocycles. The molecule has 2 rings (SSSR count). The minimum atomic E-state index is -0.205. The maximum atomic E-state index is 12.3. The Morgan fingerprint density at radius 1 is 1.21 bits per heavy atom. The maximum Gasteiger partial charge on any atom is 0.233 e. The molecule has 1 aliphatic carbocycles. The van der Waals surface area contributed by atoms with Gasteiger partial charge in [0.05, 0.1) is 11.8 Å². The first kappa shape index (κ1) is 18.7. The number of hydrogen-bond acceptors (Lipinski definition) is 3. The quantitative estimate of drug-likeness (QED) is 0.521. The smallest absolute Gasteiger partial charge is 0.233 e. The van der Waals surface area contributed by atoms with Crippen LogP contribution >= 0.6 is 0 Å². The number of hydrogen-bond donors (Lipinski definition) is 1. The summed E-state index contributed by atoms with van der Waals surface area (Å²) < 4.78 is 0. The van der Waals surface area contributed by atoms with E-state index in [0.717, 1.165) is 12.8 Å². The van der Waals surface area contributed by atoms with Crippen LogP contribution < -0.4 is 5.32 Å². The highest BCUT2D eigenvalue weighted by Gasteiger charge is 2.46. The van der Waals surface area contributed by atoms with Crippen molar-refractivity contribution in [1.82, 2.24) is 10.2 Å². The number of rotatable bonds is 9. The van der Waals surface area contributed by atoms with Crippen molar-refractivity contribution in [3.8, 4) is 0 Å². The zero-order valence-electron chi connectivity index (χ0n) is 14.9. The number of carbonyl (C=O) groups is 3. The first-order valence-corrected chi connectivity index (χ1v) is 9.35. The number of fused-ring (bicyclic) bond motifs is 1. The number of amides is 3. The molecule has 24 heavy (non-hydrogen) atoms. The molecular weight excluding hydrogens is 304 g/mol. The van der Waals surface area contributed by atoms with Gasteiger partial charge in [-0.25, -0.2) is 0 Å². The van der Waals surface area contributed by atoms with Crippen LogP contribution in [0.4, 0.5) is 0 Å². The molecular formula is C19H30N2O3. The summed E-state index contributed by atoms with van der Waals surface area (Å²) in [6.45, 7) is 5.21. The standard InChI is InChI=1S/C19H30N2O3/c1-3-5-8-14(4-2)13-20-17(22)11-12-21-18(23)15-9-6-7-10-16(15)19(21)24/h6-7,14-16H,3-5,8-13H2,1-2H3,(H,20,22)/t14?,15-,16+. The van der Waals surface area contributed by atoms with Crippen LogP contribution in [-0.4, -0.2) is 35.7 Å². The van der Waals surface area contributed by atoms with Crippen molar-refractivity contribution in [2.45, 2.75) is 58.8 Å². The summed E-state index contributed by atoms with van der Waals surface area (Å²) in [5.74, 6) is -0.169. The summed E-state index contributed by atoms with van der Waals surface area (Å²) in [7, 11) is 0. The molecule has 0 aromatic heterocycles. The number of unbranched alkanes of at least 4 members (excludes halogenated alkanes) is 1. The Morgan fingerprint density at radius 3 is 2.38 bits per heavy atom. The topological polar surface area (TPSA) is 66.5 Å². The maximum absolute atomic E-state index is 12.3. The molecule has 1 aliphatic heterocycles. The van der Waals surface area contributed by atoms with Crippen LogP contribution in [0.15, 0.2) is 12.2 Å². The molecule has 5 nitrogen and oxygen atoms in total. The van der Waals surface area contributed by atoms with E-state index in [1.54, 1.807) is 0 Å². The average molecular weight is 334 g/mol. The van der Waals surface area contributed by atoms with E-state index in [2.05, 4.69) is 19.2 Å². The molecule has 1 fully saturated rings. The molecule has 2 aliphatic rings. The third-order valence-electron chi connectivity index (χ3n) is 5.29. The van der Waals surface area contributed by atoms with Gasteiger partial charge in [0.25, 0.3) is 0 Å². The Bertz CT molecular complexity index is 475. The van der Waals surface area contributed by atoms with Crippen LogP contribution in [0.5, 0.6) is 0 Å². The fourth-order valence-corrected chi connectivity index (χ4v) is 3.59. The Labute approximate surface area is 144 Å². The Balaban J connectivity index is 1.75. The van der Waals surface area contributed by atoms with Gasteiger partial charge in [0.15, 0.2) is 0 Å². The minimum absolute atomic E-state index is 0.0708. The van der Waals surface area contributed by atoms with E-state index < -0.39 is 0 Å². The van der Waals surface area contributed by atoms with Crippen LogP contribution in [0.1, 0.15) is 58.8 Å². The van der Waals surface area contributed by atoms with Crippen molar-refractivity contribution < 1.29 is 14.4 Å². The molecule has 0 bridgehead atoms. The lowest BCUT2D eigenvalue weighted by atomic mass is 9.85. The van der Waals surface area contributed by atoms with Gasteiger partial charge in [-0.2, -0.15) is 0 Å². The number of nitrogens with one attached hydrogen (secondary N) is 1. The predicted molar refractivity (Wildman–Crippen MR) is 93.0 cm³/mol. The van der Waals surface area contributed by atoms with Gasteiger partial charge in [-0.3, -0.25) is 19.3 Å². The minimum Gasteiger partial charge on any atom is -0.356 e. The lowest BCUT2D eigenvalue weighted by molar-refractivity contribution is -0.140. The number of likely N-dealkylation sites (tertiary alicyclic amines) is 1. The fraction of sp³-hybridized carbons (Fsp3) is 0.737. The van der Waals surface area contributed by atoms with E-state index in [9.17, 15) is 14.4 Å². The largest absolute Gasteiger partial charge is 0.356 e. The van der Waals surface area contributed by atoms with E-state index in [0.29, 0.717) is 25.3 Å². The number of allylic oxidation sites excluding steroid dienone is 2. The molecule has 1 N–H and O–H groups in total. The molecule has 1 saturated heterocycles. The van der Waals surface area contributed by atoms with E-state index in [1.807, 2.05) is 12.2 Å². The van der Waals surface area contributed by atoms with Crippen LogP contribution in [0.25, 0.3) is 0 Å². The number of carbonyl (C=O) groups excluding carboxylic acids is 3. The highest BCUT2D eigenvalue weighted by molar-refractivity contribution is 6.05. The van der Waals surface area contributed by atoms with E-state index in [4.69, 9.17) is 0 Å². The third kappa shape index (κ3) is 4.46. The van der Waals surface area contributed by atoms with Crippen molar-refractivity contribution >= 4 is 17.7 Å². The normalized spacial score (nSPS) is 24.2. The summed E-state index contributed by atoms with van der Waals surface area (Å²) in [6, 6.07) is 0. The predicted octanol–water partition coefficient (Wildman–Crippen LogP) is 2.66. The molecule has 0 aromatic rings. The summed E-state index contributed by atoms with van der Waals surface area (Å²) in [4.78, 5) is 38.0. The van der Waals surface area contributed by atoms with Gasteiger partial charge in [0.2, 0.25) is 17.7 Å². The van der Waals surface area contributed by atoms with Crippen LogP contribution in [0, 0.1) is 17.8 Å². The molecule has 0 saturated carbocycles. The van der Waals surface area contributed by atoms with Crippen LogP contribution in [0.2, 0.25) is 0 Å².